The van der Waals surface area contributed by atoms with Crippen LogP contribution < -0.4 is 5.32 Å². The molecule has 1 aromatic rings. The van der Waals surface area contributed by atoms with Crippen LogP contribution in [0.25, 0.3) is 0 Å². The van der Waals surface area contributed by atoms with Crippen molar-refractivity contribution in [3.05, 3.63) is 29.8 Å². The predicted octanol–water partition coefficient (Wildman–Crippen LogP) is 1.97. The van der Waals surface area contributed by atoms with E-state index in [-0.39, 0.29) is 18.6 Å². The molecule has 0 aliphatic carbocycles. The van der Waals surface area contributed by atoms with Crippen LogP contribution in [0, 0.1) is 6.92 Å². The fraction of sp³-hybridized carbons (Fsp3) is 0.462. The van der Waals surface area contributed by atoms with Gasteiger partial charge in [-0.05, 0) is 25.5 Å². The van der Waals surface area contributed by atoms with Gasteiger partial charge in [-0.25, -0.2) is 0 Å². The number of nitrogens with one attached hydrogen (secondary N) is 1. The number of rotatable bonds is 6. The largest absolute Gasteiger partial charge is 0.394 e. The summed E-state index contributed by atoms with van der Waals surface area (Å²) in [5, 5.41) is 11.8. The van der Waals surface area contributed by atoms with Crippen molar-refractivity contribution in [3.8, 4) is 0 Å². The van der Waals surface area contributed by atoms with Gasteiger partial charge in [-0.2, -0.15) is 0 Å². The number of hydrogen-bond acceptors (Lipinski definition) is 3. The van der Waals surface area contributed by atoms with Crippen LogP contribution in [-0.2, 0) is 4.79 Å². The van der Waals surface area contributed by atoms with E-state index in [1.165, 1.54) is 17.3 Å². The lowest BCUT2D eigenvalue weighted by molar-refractivity contribution is -0.119. The second-order valence-electron chi connectivity index (χ2n) is 3.96. The zero-order valence-corrected chi connectivity index (χ0v) is 11.1. The molecule has 0 radical (unpaired) electrons. The van der Waals surface area contributed by atoms with Crippen LogP contribution in [0.4, 0.5) is 0 Å². The minimum atomic E-state index is -0.124. The minimum absolute atomic E-state index is 0.00254. The highest BCUT2D eigenvalue weighted by atomic mass is 32.2. The monoisotopic (exact) mass is 253 g/mol. The lowest BCUT2D eigenvalue weighted by atomic mass is 10.2. The Morgan fingerprint density at radius 1 is 1.41 bits per heavy atom. The predicted molar refractivity (Wildman–Crippen MR) is 71.2 cm³/mol. The Balaban J connectivity index is 2.35. The van der Waals surface area contributed by atoms with Crippen molar-refractivity contribution in [2.45, 2.75) is 31.2 Å². The van der Waals surface area contributed by atoms with Gasteiger partial charge in [0.15, 0.2) is 0 Å². The van der Waals surface area contributed by atoms with Crippen molar-refractivity contribution in [1.29, 1.82) is 0 Å². The number of amides is 1. The maximum absolute atomic E-state index is 11.6. The van der Waals surface area contributed by atoms with Crippen molar-refractivity contribution in [3.63, 3.8) is 0 Å². The summed E-state index contributed by atoms with van der Waals surface area (Å²) in [5.74, 6) is 0.357. The fourth-order valence-electron chi connectivity index (χ4n) is 1.33. The second-order valence-corrected chi connectivity index (χ2v) is 5.01. The third-order valence-corrected chi connectivity index (χ3v) is 3.48. The van der Waals surface area contributed by atoms with Gasteiger partial charge in [0.25, 0.3) is 0 Å². The van der Waals surface area contributed by atoms with E-state index < -0.39 is 0 Å². The molecule has 17 heavy (non-hydrogen) atoms. The maximum atomic E-state index is 11.6. The van der Waals surface area contributed by atoms with E-state index in [1.54, 1.807) is 0 Å². The van der Waals surface area contributed by atoms with Crippen molar-refractivity contribution < 1.29 is 9.90 Å². The normalized spacial score (nSPS) is 12.2. The van der Waals surface area contributed by atoms with Gasteiger partial charge in [-0.1, -0.05) is 24.6 Å². The fourth-order valence-corrected chi connectivity index (χ4v) is 2.04. The van der Waals surface area contributed by atoms with Gasteiger partial charge in [-0.3, -0.25) is 4.79 Å². The Labute approximate surface area is 107 Å². The number of benzene rings is 1. The highest BCUT2D eigenvalue weighted by Crippen LogP contribution is 2.17. The molecule has 0 aromatic heterocycles. The van der Waals surface area contributed by atoms with E-state index in [2.05, 4.69) is 5.32 Å². The summed E-state index contributed by atoms with van der Waals surface area (Å²) >= 11 is 1.51. The first-order valence-corrected chi connectivity index (χ1v) is 6.74. The lowest BCUT2D eigenvalue weighted by Crippen LogP contribution is -2.37. The standard InChI is InChI=1S/C13H19NO2S/c1-3-11(8-15)14-13(16)9-17-12-6-4-10(2)5-7-12/h4-7,11,15H,3,8-9H2,1-2H3,(H,14,16)/t11-/m1/s1. The molecule has 4 heteroatoms. The van der Waals surface area contributed by atoms with E-state index in [1.807, 2.05) is 38.1 Å². The average molecular weight is 253 g/mol. The van der Waals surface area contributed by atoms with E-state index in [0.717, 1.165) is 11.3 Å². The number of carbonyl (C=O) groups excluding carboxylic acids is 1. The number of aliphatic hydroxyl groups excluding tert-OH is 1. The van der Waals surface area contributed by atoms with Crippen LogP contribution in [0.5, 0.6) is 0 Å². The summed E-state index contributed by atoms with van der Waals surface area (Å²) in [4.78, 5) is 12.7. The lowest BCUT2D eigenvalue weighted by Gasteiger charge is -2.13. The topological polar surface area (TPSA) is 49.3 Å². The summed E-state index contributed by atoms with van der Waals surface area (Å²) < 4.78 is 0. The summed E-state index contributed by atoms with van der Waals surface area (Å²) in [7, 11) is 0. The zero-order valence-electron chi connectivity index (χ0n) is 10.3. The molecule has 1 atom stereocenters. The van der Waals surface area contributed by atoms with Gasteiger partial charge < -0.3 is 10.4 Å². The Bertz CT molecular complexity index is 347. The van der Waals surface area contributed by atoms with E-state index in [0.29, 0.717) is 5.75 Å². The molecule has 2 N–H and O–H groups in total. The quantitative estimate of drug-likeness (QED) is 0.762. The molecule has 1 aromatic carbocycles. The number of carbonyl (C=O) groups is 1. The van der Waals surface area contributed by atoms with Gasteiger partial charge in [0.2, 0.25) is 5.91 Å². The molecule has 0 spiro atoms. The van der Waals surface area contributed by atoms with E-state index >= 15 is 0 Å². The Kier molecular flexibility index (Phi) is 6.08. The van der Waals surface area contributed by atoms with E-state index in [9.17, 15) is 4.79 Å². The molecule has 0 aliphatic rings. The van der Waals surface area contributed by atoms with Crippen LogP contribution in [0.2, 0.25) is 0 Å². The molecule has 0 heterocycles. The smallest absolute Gasteiger partial charge is 0.230 e. The number of hydrogen-bond donors (Lipinski definition) is 2. The highest BCUT2D eigenvalue weighted by molar-refractivity contribution is 8.00. The van der Waals surface area contributed by atoms with Crippen molar-refractivity contribution in [2.75, 3.05) is 12.4 Å². The first-order chi connectivity index (χ1) is 8.15. The van der Waals surface area contributed by atoms with Crippen LogP contribution >= 0.6 is 11.8 Å². The number of aryl methyl sites for hydroxylation is 1. The Hall–Kier alpha value is -1.00. The molecule has 94 valence electrons. The Morgan fingerprint density at radius 2 is 2.06 bits per heavy atom. The van der Waals surface area contributed by atoms with Gasteiger partial charge in [-0.15, -0.1) is 11.8 Å². The summed E-state index contributed by atoms with van der Waals surface area (Å²) in [6.07, 6.45) is 0.747. The molecule has 3 nitrogen and oxygen atoms in total. The van der Waals surface area contributed by atoms with Crippen molar-refractivity contribution in [2.24, 2.45) is 0 Å². The molecular formula is C13H19NO2S. The molecule has 1 amide bonds. The minimum Gasteiger partial charge on any atom is -0.394 e. The third-order valence-electron chi connectivity index (χ3n) is 2.47. The average Bonchev–Trinajstić information content (AvgIpc) is 2.35. The van der Waals surface area contributed by atoms with Gasteiger partial charge in [0.05, 0.1) is 18.4 Å². The molecule has 0 saturated heterocycles. The number of aliphatic hydroxyl groups is 1. The van der Waals surface area contributed by atoms with Crippen molar-refractivity contribution >= 4 is 17.7 Å². The maximum Gasteiger partial charge on any atom is 0.230 e. The van der Waals surface area contributed by atoms with Crippen LogP contribution in [-0.4, -0.2) is 29.4 Å². The summed E-state index contributed by atoms with van der Waals surface area (Å²) in [5.41, 5.74) is 1.21. The molecule has 0 fully saturated rings. The molecule has 1 rings (SSSR count). The van der Waals surface area contributed by atoms with Crippen molar-refractivity contribution in [1.82, 2.24) is 5.32 Å². The van der Waals surface area contributed by atoms with Gasteiger partial charge >= 0.3 is 0 Å². The molecule has 0 unspecified atom stereocenters. The molecule has 0 saturated carbocycles. The summed E-state index contributed by atoms with van der Waals surface area (Å²) in [6, 6.07) is 7.96. The summed E-state index contributed by atoms with van der Waals surface area (Å²) in [6.45, 7) is 3.97. The molecule has 0 bridgehead atoms. The van der Waals surface area contributed by atoms with Crippen LogP contribution in [0.3, 0.4) is 0 Å². The van der Waals surface area contributed by atoms with Gasteiger partial charge in [0.1, 0.15) is 0 Å². The number of thioether (sulfide) groups is 1. The second kappa shape index (κ2) is 7.35. The van der Waals surface area contributed by atoms with Gasteiger partial charge in [0, 0.05) is 4.90 Å². The van der Waals surface area contributed by atoms with Crippen LogP contribution in [0.1, 0.15) is 18.9 Å². The Morgan fingerprint density at radius 3 is 2.59 bits per heavy atom. The first kappa shape index (κ1) is 14.1. The van der Waals surface area contributed by atoms with E-state index in [4.69, 9.17) is 5.11 Å². The first-order valence-electron chi connectivity index (χ1n) is 5.75. The molecular weight excluding hydrogens is 234 g/mol. The zero-order chi connectivity index (χ0) is 12.7. The van der Waals surface area contributed by atoms with Crippen LogP contribution in [0.15, 0.2) is 29.2 Å². The highest BCUT2D eigenvalue weighted by Gasteiger charge is 2.09. The molecule has 0 aliphatic heterocycles. The third kappa shape index (κ3) is 5.24. The SMILES string of the molecule is CC[C@H](CO)NC(=O)CSc1ccc(C)cc1.